The van der Waals surface area contributed by atoms with Gasteiger partial charge in [-0.2, -0.15) is 26.3 Å². The number of aryl methyl sites for hydroxylation is 2. The zero-order chi connectivity index (χ0) is 27.5. The molecule has 0 amide bonds. The van der Waals surface area contributed by atoms with Crippen LogP contribution in [0.25, 0.3) is 32.0 Å². The van der Waals surface area contributed by atoms with Crippen molar-refractivity contribution in [2.24, 2.45) is 0 Å². The van der Waals surface area contributed by atoms with E-state index in [1.165, 1.54) is 26.0 Å². The van der Waals surface area contributed by atoms with Crippen LogP contribution >= 0.6 is 22.7 Å². The quantitative estimate of drug-likeness (QED) is 0.212. The summed E-state index contributed by atoms with van der Waals surface area (Å²) in [5.74, 6) is -15.2. The molecule has 5 rings (SSSR count). The highest BCUT2D eigenvalue weighted by molar-refractivity contribution is 7.16. The van der Waals surface area contributed by atoms with E-state index >= 15 is 17.6 Å². The number of allylic oxidation sites excluding steroid dienone is 2. The molecule has 9 heteroatoms. The van der Waals surface area contributed by atoms with Crippen molar-refractivity contribution >= 4 is 33.8 Å². The molecule has 0 spiro atoms. The number of hydrogen-bond donors (Lipinski definition) is 0. The van der Waals surface area contributed by atoms with Gasteiger partial charge in [-0.1, -0.05) is 30.3 Å². The number of halogens is 6. The van der Waals surface area contributed by atoms with E-state index < -0.39 is 28.9 Å². The van der Waals surface area contributed by atoms with Crippen LogP contribution in [0.1, 0.15) is 27.8 Å². The van der Waals surface area contributed by atoms with Gasteiger partial charge in [0.15, 0.2) is 0 Å². The van der Waals surface area contributed by atoms with Crippen molar-refractivity contribution in [2.75, 3.05) is 6.61 Å². The van der Waals surface area contributed by atoms with Crippen molar-refractivity contribution in [1.82, 2.24) is 0 Å². The SMILES string of the molecule is CCOc1ccc(-c2cc(C3=C(c4cc(-c5ccccc5)sc4C)C(F)(F)C(F)(F)C3(F)F)c(C)s2)cc1. The molecule has 0 saturated carbocycles. The highest BCUT2D eigenvalue weighted by Gasteiger charge is 2.80. The first-order chi connectivity index (χ1) is 17.9. The maximum atomic E-state index is 15.4. The van der Waals surface area contributed by atoms with Crippen LogP contribution in [0.15, 0.2) is 66.7 Å². The van der Waals surface area contributed by atoms with Gasteiger partial charge in [-0.15, -0.1) is 22.7 Å². The number of thiophene rings is 2. The first-order valence-corrected chi connectivity index (χ1v) is 13.4. The predicted octanol–water partition coefficient (Wildman–Crippen LogP) is 9.99. The first kappa shape index (κ1) is 26.6. The van der Waals surface area contributed by atoms with Crippen LogP contribution in [0.4, 0.5) is 26.3 Å². The normalized spacial score (nSPS) is 17.7. The minimum Gasteiger partial charge on any atom is -0.494 e. The second kappa shape index (κ2) is 9.31. The highest BCUT2D eigenvalue weighted by Crippen LogP contribution is 2.66. The molecule has 0 saturated heterocycles. The largest absolute Gasteiger partial charge is 0.494 e. The Morgan fingerprint density at radius 1 is 0.658 bits per heavy atom. The van der Waals surface area contributed by atoms with Crippen LogP contribution in [-0.2, 0) is 0 Å². The fourth-order valence-corrected chi connectivity index (χ4v) is 6.73. The molecule has 1 aliphatic rings. The fraction of sp³-hybridized carbons (Fsp3) is 0.241. The Hall–Kier alpha value is -3.04. The van der Waals surface area contributed by atoms with Gasteiger partial charge < -0.3 is 4.74 Å². The lowest BCUT2D eigenvalue weighted by Gasteiger charge is -2.25. The van der Waals surface area contributed by atoms with E-state index in [-0.39, 0.29) is 20.9 Å². The number of ether oxygens (including phenoxy) is 1. The van der Waals surface area contributed by atoms with Crippen molar-refractivity contribution in [1.29, 1.82) is 0 Å². The summed E-state index contributed by atoms with van der Waals surface area (Å²) >= 11 is 2.18. The summed E-state index contributed by atoms with van der Waals surface area (Å²) in [6.07, 6.45) is 0. The average Bonchev–Trinajstić information content (AvgIpc) is 3.47. The van der Waals surface area contributed by atoms with E-state index in [2.05, 4.69) is 0 Å². The van der Waals surface area contributed by atoms with Gasteiger partial charge >= 0.3 is 17.8 Å². The zero-order valence-corrected chi connectivity index (χ0v) is 22.2. The molecule has 198 valence electrons. The van der Waals surface area contributed by atoms with Crippen molar-refractivity contribution in [2.45, 2.75) is 38.5 Å². The summed E-state index contributed by atoms with van der Waals surface area (Å²) in [5.41, 5.74) is -1.92. The summed E-state index contributed by atoms with van der Waals surface area (Å²) in [6, 6.07) is 18.2. The molecule has 0 fully saturated rings. The monoisotopic (exact) mass is 564 g/mol. The van der Waals surface area contributed by atoms with Gasteiger partial charge in [0.1, 0.15) is 5.75 Å². The van der Waals surface area contributed by atoms with E-state index in [0.29, 0.717) is 33.2 Å². The van der Waals surface area contributed by atoms with Gasteiger partial charge in [0.25, 0.3) is 0 Å². The third-order valence-electron chi connectivity index (χ3n) is 6.55. The molecule has 0 radical (unpaired) electrons. The molecule has 0 N–H and O–H groups in total. The Kier molecular flexibility index (Phi) is 6.51. The maximum Gasteiger partial charge on any atom is 0.380 e. The van der Waals surface area contributed by atoms with Gasteiger partial charge in [0.05, 0.1) is 6.61 Å². The standard InChI is InChI=1S/C29H22F6OS2/c1-4-36-20-12-10-19(11-13-20)24-15-22(17(3)38-24)26-25(27(30,31)29(34,35)28(26,32)33)21-14-23(37-16(21)2)18-8-6-5-7-9-18/h5-15H,4H2,1-3H3. The molecule has 1 aliphatic carbocycles. The molecular formula is C29H22F6OS2. The second-order valence-electron chi connectivity index (χ2n) is 8.96. The van der Waals surface area contributed by atoms with Crippen LogP contribution in [0.3, 0.4) is 0 Å². The van der Waals surface area contributed by atoms with Gasteiger partial charge in [0, 0.05) is 30.7 Å². The van der Waals surface area contributed by atoms with Crippen LogP contribution in [-0.4, -0.2) is 24.4 Å². The maximum absolute atomic E-state index is 15.4. The summed E-state index contributed by atoms with van der Waals surface area (Å²) in [7, 11) is 0. The molecule has 0 atom stereocenters. The third-order valence-corrected chi connectivity index (χ3v) is 8.75. The van der Waals surface area contributed by atoms with Crippen LogP contribution in [0.2, 0.25) is 0 Å². The van der Waals surface area contributed by atoms with Gasteiger partial charge in [-0.05, 0) is 79.4 Å². The Labute approximate surface area is 224 Å². The molecule has 2 aromatic heterocycles. The molecule has 38 heavy (non-hydrogen) atoms. The van der Waals surface area contributed by atoms with Crippen molar-refractivity contribution in [3.8, 4) is 26.6 Å². The molecule has 2 heterocycles. The van der Waals surface area contributed by atoms with Crippen molar-refractivity contribution in [3.05, 3.63) is 87.6 Å². The van der Waals surface area contributed by atoms with Gasteiger partial charge in [-0.3, -0.25) is 0 Å². The molecule has 4 aromatic rings. The van der Waals surface area contributed by atoms with Crippen LogP contribution in [0, 0.1) is 13.8 Å². The Balaban J connectivity index is 1.72. The number of alkyl halides is 6. The minimum atomic E-state index is -5.60. The van der Waals surface area contributed by atoms with Crippen LogP contribution in [0.5, 0.6) is 5.75 Å². The number of hydrogen-bond acceptors (Lipinski definition) is 3. The number of rotatable bonds is 6. The molecule has 0 unspecified atom stereocenters. The van der Waals surface area contributed by atoms with E-state index in [4.69, 9.17) is 4.74 Å². The molecule has 1 nitrogen and oxygen atoms in total. The topological polar surface area (TPSA) is 9.23 Å². The zero-order valence-electron chi connectivity index (χ0n) is 20.6. The van der Waals surface area contributed by atoms with Gasteiger partial charge in [0.2, 0.25) is 0 Å². The third kappa shape index (κ3) is 3.98. The summed E-state index contributed by atoms with van der Waals surface area (Å²) < 4.78 is 96.7. The smallest absolute Gasteiger partial charge is 0.380 e. The molecule has 2 aromatic carbocycles. The van der Waals surface area contributed by atoms with E-state index in [1.54, 1.807) is 54.6 Å². The van der Waals surface area contributed by atoms with Crippen LogP contribution < -0.4 is 4.74 Å². The lowest BCUT2D eigenvalue weighted by molar-refractivity contribution is -0.254. The molecular weight excluding hydrogens is 542 g/mol. The van der Waals surface area contributed by atoms with E-state index in [0.717, 1.165) is 22.7 Å². The second-order valence-corrected chi connectivity index (χ2v) is 11.5. The van der Waals surface area contributed by atoms with Crippen molar-refractivity contribution in [3.63, 3.8) is 0 Å². The number of benzene rings is 2. The Morgan fingerprint density at radius 2 is 1.11 bits per heavy atom. The minimum absolute atomic E-state index is 0.241. The lowest BCUT2D eigenvalue weighted by Crippen LogP contribution is -2.48. The first-order valence-electron chi connectivity index (χ1n) is 11.8. The predicted molar refractivity (Wildman–Crippen MR) is 142 cm³/mol. The highest BCUT2D eigenvalue weighted by atomic mass is 32.1. The van der Waals surface area contributed by atoms with E-state index in [9.17, 15) is 8.78 Å². The van der Waals surface area contributed by atoms with Gasteiger partial charge in [-0.25, -0.2) is 0 Å². The fourth-order valence-electron chi connectivity index (χ4n) is 4.66. The summed E-state index contributed by atoms with van der Waals surface area (Å²) in [6.45, 7) is 5.25. The summed E-state index contributed by atoms with van der Waals surface area (Å²) in [4.78, 5) is 1.51. The van der Waals surface area contributed by atoms with Crippen molar-refractivity contribution < 1.29 is 31.1 Å². The lowest BCUT2D eigenvalue weighted by atomic mass is 9.94. The molecule has 0 bridgehead atoms. The Bertz CT molecular complexity index is 1510. The molecule has 0 aliphatic heterocycles. The average molecular weight is 565 g/mol. The summed E-state index contributed by atoms with van der Waals surface area (Å²) in [5, 5.41) is 0. The Morgan fingerprint density at radius 3 is 1.55 bits per heavy atom. The van der Waals surface area contributed by atoms with E-state index in [1.807, 2.05) is 6.92 Å².